The van der Waals surface area contributed by atoms with Gasteiger partial charge in [-0.3, -0.25) is 0 Å². The summed E-state index contributed by atoms with van der Waals surface area (Å²) < 4.78 is 19.9. The van der Waals surface area contributed by atoms with E-state index in [1.807, 2.05) is 0 Å². The lowest BCUT2D eigenvalue weighted by Gasteiger charge is -2.06. The average molecular weight is 272 g/mol. The van der Waals surface area contributed by atoms with Crippen molar-refractivity contribution in [3.63, 3.8) is 0 Å². The van der Waals surface area contributed by atoms with Gasteiger partial charge >= 0.3 is 5.97 Å². The van der Waals surface area contributed by atoms with E-state index in [-0.39, 0.29) is 11.3 Å². The third-order valence-electron chi connectivity index (χ3n) is 2.81. The Morgan fingerprint density at radius 2 is 2.15 bits per heavy atom. The summed E-state index contributed by atoms with van der Waals surface area (Å²) in [7, 11) is 0. The SMILES string of the molecule is O=C(O)c1cnn(-c2cccc(F)c2)c1-c1ccco1. The molecule has 0 aliphatic rings. The van der Waals surface area contributed by atoms with Crippen molar-refractivity contribution < 1.29 is 18.7 Å². The number of aromatic nitrogens is 2. The van der Waals surface area contributed by atoms with Crippen molar-refractivity contribution in [2.24, 2.45) is 0 Å². The van der Waals surface area contributed by atoms with Gasteiger partial charge in [0.1, 0.15) is 17.1 Å². The van der Waals surface area contributed by atoms with Crippen LogP contribution in [0.2, 0.25) is 0 Å². The normalized spacial score (nSPS) is 10.7. The highest BCUT2D eigenvalue weighted by Crippen LogP contribution is 2.27. The second kappa shape index (κ2) is 4.65. The van der Waals surface area contributed by atoms with Crippen molar-refractivity contribution in [2.75, 3.05) is 0 Å². The zero-order chi connectivity index (χ0) is 14.1. The molecule has 0 atom stereocenters. The molecule has 0 radical (unpaired) electrons. The second-order valence-corrected chi connectivity index (χ2v) is 4.08. The van der Waals surface area contributed by atoms with Gasteiger partial charge in [-0.1, -0.05) is 6.07 Å². The number of carbonyl (C=O) groups is 1. The molecule has 0 bridgehead atoms. The van der Waals surface area contributed by atoms with Gasteiger partial charge in [-0.2, -0.15) is 5.10 Å². The van der Waals surface area contributed by atoms with Crippen molar-refractivity contribution in [1.29, 1.82) is 0 Å². The lowest BCUT2D eigenvalue weighted by Crippen LogP contribution is -2.02. The van der Waals surface area contributed by atoms with E-state index in [1.54, 1.807) is 18.2 Å². The van der Waals surface area contributed by atoms with E-state index in [9.17, 15) is 14.3 Å². The van der Waals surface area contributed by atoms with Gasteiger partial charge in [-0.05, 0) is 30.3 Å². The van der Waals surface area contributed by atoms with Gasteiger partial charge in [0, 0.05) is 0 Å². The number of furan rings is 1. The topological polar surface area (TPSA) is 68.3 Å². The molecule has 2 aromatic heterocycles. The molecule has 2 heterocycles. The number of hydrogen-bond donors (Lipinski definition) is 1. The fraction of sp³-hybridized carbons (Fsp3) is 0. The molecular formula is C14H9FN2O3. The quantitative estimate of drug-likeness (QED) is 0.795. The summed E-state index contributed by atoms with van der Waals surface area (Å²) in [6.07, 6.45) is 2.65. The van der Waals surface area contributed by atoms with Gasteiger partial charge in [0.05, 0.1) is 18.1 Å². The Morgan fingerprint density at radius 3 is 2.80 bits per heavy atom. The molecule has 0 aliphatic heterocycles. The predicted octanol–water partition coefficient (Wildman–Crippen LogP) is 2.97. The largest absolute Gasteiger partial charge is 0.478 e. The van der Waals surface area contributed by atoms with Gasteiger partial charge in [-0.25, -0.2) is 13.9 Å². The Balaban J connectivity index is 2.24. The average Bonchev–Trinajstić information content (AvgIpc) is 3.07. The van der Waals surface area contributed by atoms with Crippen LogP contribution >= 0.6 is 0 Å². The van der Waals surface area contributed by atoms with Crippen LogP contribution in [0, 0.1) is 5.82 Å². The number of rotatable bonds is 3. The van der Waals surface area contributed by atoms with Gasteiger partial charge in [0.25, 0.3) is 0 Å². The van der Waals surface area contributed by atoms with E-state index in [0.717, 1.165) is 0 Å². The molecule has 1 aromatic carbocycles. The van der Waals surface area contributed by atoms with Crippen LogP contribution < -0.4 is 0 Å². The van der Waals surface area contributed by atoms with Gasteiger partial charge in [0.2, 0.25) is 0 Å². The molecule has 0 spiro atoms. The molecule has 0 aliphatic carbocycles. The number of hydrogen-bond acceptors (Lipinski definition) is 3. The zero-order valence-corrected chi connectivity index (χ0v) is 10.2. The fourth-order valence-corrected chi connectivity index (χ4v) is 1.96. The number of aromatic carboxylic acids is 1. The second-order valence-electron chi connectivity index (χ2n) is 4.08. The van der Waals surface area contributed by atoms with Crippen LogP contribution in [-0.4, -0.2) is 20.9 Å². The Bertz CT molecular complexity index is 763. The maximum absolute atomic E-state index is 13.3. The maximum Gasteiger partial charge on any atom is 0.339 e. The Labute approximate surface area is 112 Å². The van der Waals surface area contributed by atoms with Crippen LogP contribution in [0.25, 0.3) is 17.1 Å². The van der Waals surface area contributed by atoms with Gasteiger partial charge in [0.15, 0.2) is 5.76 Å². The molecule has 100 valence electrons. The van der Waals surface area contributed by atoms with Gasteiger partial charge < -0.3 is 9.52 Å². The van der Waals surface area contributed by atoms with E-state index >= 15 is 0 Å². The van der Waals surface area contributed by atoms with Crippen LogP contribution in [0.1, 0.15) is 10.4 Å². The first kappa shape index (κ1) is 12.2. The molecule has 6 heteroatoms. The zero-order valence-electron chi connectivity index (χ0n) is 10.2. The highest BCUT2D eigenvalue weighted by atomic mass is 19.1. The molecule has 0 saturated carbocycles. The van der Waals surface area contributed by atoms with Crippen molar-refractivity contribution in [2.45, 2.75) is 0 Å². The molecule has 0 amide bonds. The van der Waals surface area contributed by atoms with Crippen LogP contribution in [0.3, 0.4) is 0 Å². The first-order chi connectivity index (χ1) is 9.66. The number of carboxylic acid groups (broad SMARTS) is 1. The van der Waals surface area contributed by atoms with E-state index < -0.39 is 11.8 Å². The van der Waals surface area contributed by atoms with Crippen LogP contribution in [-0.2, 0) is 0 Å². The minimum Gasteiger partial charge on any atom is -0.478 e. The minimum absolute atomic E-state index is 0.00999. The smallest absolute Gasteiger partial charge is 0.339 e. The standard InChI is InChI=1S/C14H9FN2O3/c15-9-3-1-4-10(7-9)17-13(12-5-2-6-20-12)11(8-16-17)14(18)19/h1-8H,(H,18,19). The Hall–Kier alpha value is -2.89. The molecule has 0 saturated heterocycles. The van der Waals surface area contributed by atoms with E-state index in [2.05, 4.69) is 5.10 Å². The first-order valence-electron chi connectivity index (χ1n) is 5.78. The molecule has 20 heavy (non-hydrogen) atoms. The number of halogens is 1. The van der Waals surface area contributed by atoms with Crippen molar-refractivity contribution >= 4 is 5.97 Å². The third-order valence-corrected chi connectivity index (χ3v) is 2.81. The van der Waals surface area contributed by atoms with Crippen molar-refractivity contribution in [3.05, 3.63) is 60.2 Å². The number of nitrogens with zero attached hydrogens (tertiary/aromatic N) is 2. The molecule has 3 aromatic rings. The fourth-order valence-electron chi connectivity index (χ4n) is 1.96. The van der Waals surface area contributed by atoms with Gasteiger partial charge in [-0.15, -0.1) is 0 Å². The van der Waals surface area contributed by atoms with Crippen molar-refractivity contribution in [1.82, 2.24) is 9.78 Å². The van der Waals surface area contributed by atoms with E-state index in [0.29, 0.717) is 11.4 Å². The highest BCUT2D eigenvalue weighted by molar-refractivity contribution is 5.94. The summed E-state index contributed by atoms with van der Waals surface area (Å²) in [5.74, 6) is -1.21. The molecule has 0 unspecified atom stereocenters. The Kier molecular flexibility index (Phi) is 2.83. The number of carboxylic acids is 1. The predicted molar refractivity (Wildman–Crippen MR) is 68.2 cm³/mol. The summed E-state index contributed by atoms with van der Waals surface area (Å²) in [5.41, 5.74) is 0.682. The molecule has 0 fully saturated rings. The summed E-state index contributed by atoms with van der Waals surface area (Å²) in [6.45, 7) is 0. The summed E-state index contributed by atoms with van der Waals surface area (Å²) >= 11 is 0. The molecule has 3 rings (SSSR count). The summed E-state index contributed by atoms with van der Waals surface area (Å²) in [6, 6.07) is 9.00. The monoisotopic (exact) mass is 272 g/mol. The van der Waals surface area contributed by atoms with E-state index in [4.69, 9.17) is 4.42 Å². The molecule has 1 N–H and O–H groups in total. The van der Waals surface area contributed by atoms with Crippen LogP contribution in [0.15, 0.2) is 53.3 Å². The Morgan fingerprint density at radius 1 is 1.30 bits per heavy atom. The lowest BCUT2D eigenvalue weighted by molar-refractivity contribution is 0.0697. The number of benzene rings is 1. The summed E-state index contributed by atoms with van der Waals surface area (Å²) in [5, 5.41) is 13.2. The third kappa shape index (κ3) is 1.97. The first-order valence-corrected chi connectivity index (χ1v) is 5.78. The molecule has 5 nitrogen and oxygen atoms in total. The lowest BCUT2D eigenvalue weighted by atomic mass is 10.2. The summed E-state index contributed by atoms with van der Waals surface area (Å²) in [4.78, 5) is 11.3. The van der Waals surface area contributed by atoms with Crippen molar-refractivity contribution in [3.8, 4) is 17.1 Å². The van der Waals surface area contributed by atoms with E-state index in [1.165, 1.54) is 35.3 Å². The maximum atomic E-state index is 13.3. The molecular weight excluding hydrogens is 263 g/mol. The van der Waals surface area contributed by atoms with Crippen LogP contribution in [0.4, 0.5) is 4.39 Å². The highest BCUT2D eigenvalue weighted by Gasteiger charge is 2.21. The van der Waals surface area contributed by atoms with Crippen LogP contribution in [0.5, 0.6) is 0 Å². The minimum atomic E-state index is -1.13.